The maximum atomic E-state index is 13.7. The average Bonchev–Trinajstić information content (AvgIpc) is 2.95. The van der Waals surface area contributed by atoms with Crippen LogP contribution < -0.4 is 11.2 Å². The SMILES string of the molecule is CC(C)CCCN(CCCCC(O[Si](C)(C)C(C)(C)C(N)C(=O)OC(C)(C)C)C(=O)NN(C)CC(=O)O)S(=O)(=O)c1ccccc1[N+](=O)[O-]. The van der Waals surface area contributed by atoms with Crippen LogP contribution in [-0.4, -0.2) is 98.4 Å². The van der Waals surface area contributed by atoms with Gasteiger partial charge in [-0.05, 0) is 78.0 Å². The number of hydrogen-bond donors (Lipinski definition) is 3. The van der Waals surface area contributed by atoms with E-state index >= 15 is 0 Å². The topological polar surface area (TPSA) is 212 Å². The molecule has 0 heterocycles. The number of likely N-dealkylation sites (N-methyl/N-ethyl adjacent to an activating group) is 1. The first-order chi connectivity index (χ1) is 22.3. The normalized spacial score (nSPS) is 14.2. The van der Waals surface area contributed by atoms with Gasteiger partial charge in [0, 0.05) is 31.2 Å². The number of rotatable bonds is 21. The number of amides is 1. The van der Waals surface area contributed by atoms with E-state index in [9.17, 15) is 32.9 Å². The number of carboxylic acids is 1. The number of aliphatic carboxylic acids is 1. The van der Waals surface area contributed by atoms with Crippen molar-refractivity contribution < 1.29 is 42.0 Å². The lowest BCUT2D eigenvalue weighted by molar-refractivity contribution is -0.387. The lowest BCUT2D eigenvalue weighted by atomic mass is 10.0. The van der Waals surface area contributed by atoms with Crippen LogP contribution in [-0.2, 0) is 33.6 Å². The quantitative estimate of drug-likeness (QED) is 0.0532. The number of carboxylic acid groups (broad SMARTS) is 1. The van der Waals surface area contributed by atoms with Crippen molar-refractivity contribution in [1.82, 2.24) is 14.7 Å². The van der Waals surface area contributed by atoms with Crippen molar-refractivity contribution in [1.29, 1.82) is 0 Å². The van der Waals surface area contributed by atoms with Crippen molar-refractivity contribution >= 4 is 41.9 Å². The summed E-state index contributed by atoms with van der Waals surface area (Å²) in [5.74, 6) is -2.04. The molecule has 1 aromatic rings. The number of para-hydroxylation sites is 1. The summed E-state index contributed by atoms with van der Waals surface area (Å²) >= 11 is 0. The van der Waals surface area contributed by atoms with Crippen LogP contribution in [0, 0.1) is 16.0 Å². The summed E-state index contributed by atoms with van der Waals surface area (Å²) in [5.41, 5.74) is 7.67. The fraction of sp³-hybridized carbons (Fsp3) is 0.719. The molecule has 0 bridgehead atoms. The van der Waals surface area contributed by atoms with Crippen molar-refractivity contribution in [3.05, 3.63) is 34.4 Å². The number of nitrogens with one attached hydrogen (secondary N) is 1. The summed E-state index contributed by atoms with van der Waals surface area (Å²) in [6.45, 7) is 16.2. The lowest BCUT2D eigenvalue weighted by Crippen LogP contribution is -2.58. The van der Waals surface area contributed by atoms with E-state index in [1.165, 1.54) is 29.6 Å². The number of unbranched alkanes of at least 4 members (excludes halogenated alkanes) is 1. The van der Waals surface area contributed by atoms with Gasteiger partial charge in [-0.15, -0.1) is 0 Å². The molecule has 1 aromatic carbocycles. The van der Waals surface area contributed by atoms with Gasteiger partial charge in [-0.1, -0.05) is 39.8 Å². The Labute approximate surface area is 292 Å². The first-order valence-electron chi connectivity index (χ1n) is 16.5. The van der Waals surface area contributed by atoms with Gasteiger partial charge < -0.3 is 20.0 Å². The molecule has 280 valence electrons. The minimum atomic E-state index is -4.23. The zero-order valence-corrected chi connectivity index (χ0v) is 32.5. The summed E-state index contributed by atoms with van der Waals surface area (Å²) < 4.78 is 40.7. The van der Waals surface area contributed by atoms with Gasteiger partial charge in [-0.3, -0.25) is 29.9 Å². The molecular formula is C32H57N5O10SSi. The van der Waals surface area contributed by atoms with E-state index in [0.29, 0.717) is 25.2 Å². The van der Waals surface area contributed by atoms with Crippen LogP contribution in [0.5, 0.6) is 0 Å². The Morgan fingerprint density at radius 3 is 2.14 bits per heavy atom. The molecule has 0 radical (unpaired) electrons. The maximum Gasteiger partial charge on any atom is 0.323 e. The number of nitrogens with two attached hydrogens (primary N) is 1. The molecule has 4 N–H and O–H groups in total. The van der Waals surface area contributed by atoms with Crippen LogP contribution in [0.15, 0.2) is 29.2 Å². The molecule has 17 heteroatoms. The third-order valence-electron chi connectivity index (χ3n) is 8.39. The van der Waals surface area contributed by atoms with Crippen LogP contribution in [0.3, 0.4) is 0 Å². The fourth-order valence-electron chi connectivity index (χ4n) is 4.90. The molecule has 49 heavy (non-hydrogen) atoms. The zero-order valence-electron chi connectivity index (χ0n) is 30.6. The van der Waals surface area contributed by atoms with E-state index in [-0.39, 0.29) is 24.4 Å². The maximum absolute atomic E-state index is 13.7. The summed E-state index contributed by atoms with van der Waals surface area (Å²) in [6, 6.07) is 4.16. The molecule has 15 nitrogen and oxygen atoms in total. The molecule has 0 aliphatic heterocycles. The van der Waals surface area contributed by atoms with E-state index in [0.717, 1.165) is 17.5 Å². The standard InChI is InChI=1S/C32H57N5O10SSi/c1-23(2)16-15-21-36(48(44,45)26-19-12-11-17-24(26)37(42)43)20-14-13-18-25(29(40)34-35(8)22-27(38)39)47-49(9,10)32(6,7)28(33)30(41)46-31(3,4)5/h11-12,17,19,23,25,28H,13-16,18,20-22,33H2,1-10H3,(H,34,40)(H,38,39). The molecule has 1 amide bonds. The molecule has 2 atom stereocenters. The fourth-order valence-corrected chi connectivity index (χ4v) is 8.68. The van der Waals surface area contributed by atoms with E-state index < -0.39 is 76.1 Å². The molecule has 2 unspecified atom stereocenters. The predicted octanol–water partition coefficient (Wildman–Crippen LogP) is 4.28. The molecule has 0 aliphatic carbocycles. The Morgan fingerprint density at radius 1 is 1.04 bits per heavy atom. The monoisotopic (exact) mass is 731 g/mol. The molecule has 0 saturated carbocycles. The third-order valence-corrected chi connectivity index (χ3v) is 14.6. The van der Waals surface area contributed by atoms with Crippen molar-refractivity contribution in [3.63, 3.8) is 0 Å². The molecule has 0 aromatic heterocycles. The number of benzene rings is 1. The third kappa shape index (κ3) is 13.7. The van der Waals surface area contributed by atoms with E-state index in [4.69, 9.17) is 20.0 Å². The summed E-state index contributed by atoms with van der Waals surface area (Å²) in [7, 11) is -5.86. The largest absolute Gasteiger partial charge is 0.480 e. The second kappa shape index (κ2) is 18.3. The van der Waals surface area contributed by atoms with Crippen LogP contribution in [0.25, 0.3) is 0 Å². The highest BCUT2D eigenvalue weighted by molar-refractivity contribution is 7.89. The molecule has 0 saturated heterocycles. The van der Waals surface area contributed by atoms with E-state index in [1.54, 1.807) is 34.6 Å². The number of carbonyl (C=O) groups is 3. The highest BCUT2D eigenvalue weighted by atomic mass is 32.2. The minimum absolute atomic E-state index is 0.0373. The minimum Gasteiger partial charge on any atom is -0.480 e. The molecule has 1 rings (SSSR count). The molecule has 0 fully saturated rings. The summed E-state index contributed by atoms with van der Waals surface area (Å²) in [5, 5.41) is 21.0. The Bertz CT molecular complexity index is 1400. The van der Waals surface area contributed by atoms with Crippen molar-refractivity contribution in [3.8, 4) is 0 Å². The van der Waals surface area contributed by atoms with E-state index in [1.807, 2.05) is 26.9 Å². The Kier molecular flexibility index (Phi) is 16.5. The van der Waals surface area contributed by atoms with Gasteiger partial charge in [0.15, 0.2) is 13.2 Å². The number of esters is 1. The first kappa shape index (κ1) is 44.1. The number of nitro groups is 1. The van der Waals surface area contributed by atoms with Crippen LogP contribution in [0.2, 0.25) is 18.1 Å². The number of ether oxygens (including phenoxy) is 1. The van der Waals surface area contributed by atoms with Gasteiger partial charge in [0.2, 0.25) is 10.0 Å². The van der Waals surface area contributed by atoms with Gasteiger partial charge in [0.05, 0.1) is 4.92 Å². The number of hydrazine groups is 1. The first-order valence-corrected chi connectivity index (χ1v) is 20.8. The number of hydrogen-bond acceptors (Lipinski definition) is 11. The second-order valence-corrected chi connectivity index (χ2v) is 21.2. The Hall–Kier alpha value is -2.96. The van der Waals surface area contributed by atoms with Gasteiger partial charge in [0.25, 0.3) is 11.6 Å². The number of carbonyl (C=O) groups excluding carboxylic acids is 2. The van der Waals surface area contributed by atoms with Crippen LogP contribution in [0.4, 0.5) is 5.69 Å². The van der Waals surface area contributed by atoms with Gasteiger partial charge in [0.1, 0.15) is 24.3 Å². The van der Waals surface area contributed by atoms with Crippen LogP contribution in [0.1, 0.15) is 80.6 Å². The number of nitro benzene ring substituents is 1. The predicted molar refractivity (Wildman–Crippen MR) is 188 cm³/mol. The van der Waals surface area contributed by atoms with Crippen molar-refractivity contribution in [2.45, 2.75) is 121 Å². The highest BCUT2D eigenvalue weighted by Gasteiger charge is 2.51. The molecule has 0 aliphatic rings. The van der Waals surface area contributed by atoms with Crippen molar-refractivity contribution in [2.24, 2.45) is 11.7 Å². The van der Waals surface area contributed by atoms with Gasteiger partial charge in [-0.2, -0.15) is 4.31 Å². The van der Waals surface area contributed by atoms with Crippen LogP contribution >= 0.6 is 0 Å². The lowest BCUT2D eigenvalue weighted by Gasteiger charge is -2.44. The Balaban J connectivity index is 3.29. The average molecular weight is 732 g/mol. The number of sulfonamides is 1. The molecule has 0 spiro atoms. The zero-order chi connectivity index (χ0) is 38.0. The number of nitrogens with zero attached hydrogens (tertiary/aromatic N) is 3. The van der Waals surface area contributed by atoms with E-state index in [2.05, 4.69) is 5.43 Å². The van der Waals surface area contributed by atoms with Gasteiger partial charge in [-0.25, -0.2) is 13.4 Å². The summed E-state index contributed by atoms with van der Waals surface area (Å²) in [4.78, 5) is 48.2. The molecular weight excluding hydrogens is 675 g/mol. The smallest absolute Gasteiger partial charge is 0.323 e. The second-order valence-electron chi connectivity index (χ2n) is 14.7. The van der Waals surface area contributed by atoms with Crippen molar-refractivity contribution in [2.75, 3.05) is 26.7 Å². The van der Waals surface area contributed by atoms with Gasteiger partial charge >= 0.3 is 11.9 Å². The Morgan fingerprint density at radius 2 is 1.61 bits per heavy atom. The highest BCUT2D eigenvalue weighted by Crippen LogP contribution is 2.42. The summed E-state index contributed by atoms with van der Waals surface area (Å²) in [6.07, 6.45) is 0.952.